The first kappa shape index (κ1) is 24.9. The van der Waals surface area contributed by atoms with Gasteiger partial charge < -0.3 is 20.1 Å². The van der Waals surface area contributed by atoms with Gasteiger partial charge in [-0.25, -0.2) is 4.98 Å². The van der Waals surface area contributed by atoms with Crippen LogP contribution in [0.5, 0.6) is 0 Å². The lowest BCUT2D eigenvalue weighted by molar-refractivity contribution is -0.141. The summed E-state index contributed by atoms with van der Waals surface area (Å²) in [5.41, 5.74) is 0.147. The number of esters is 1. The third-order valence-corrected chi connectivity index (χ3v) is 9.91. The van der Waals surface area contributed by atoms with Crippen molar-refractivity contribution in [2.45, 2.75) is 81.4 Å². The van der Waals surface area contributed by atoms with Crippen LogP contribution in [0.25, 0.3) is 0 Å². The van der Waals surface area contributed by atoms with E-state index in [4.69, 9.17) is 9.72 Å². The Balaban J connectivity index is 1.30. The first-order chi connectivity index (χ1) is 16.9. The average Bonchev–Trinajstić information content (AvgIpc) is 3.37. The van der Waals surface area contributed by atoms with Gasteiger partial charge in [-0.05, 0) is 92.9 Å². The number of nitrogens with zero attached hydrogens (tertiary/aromatic N) is 2. The number of fused-ring (bicyclic) bond motifs is 2. The highest BCUT2D eigenvalue weighted by Gasteiger charge is 2.53. The van der Waals surface area contributed by atoms with Crippen LogP contribution in [-0.4, -0.2) is 59.6 Å². The fourth-order valence-electron chi connectivity index (χ4n) is 7.16. The molecule has 0 radical (unpaired) electrons. The first-order valence-electron chi connectivity index (χ1n) is 13.4. The minimum absolute atomic E-state index is 0.0362. The number of anilines is 1. The number of pyridine rings is 1. The Bertz CT molecular complexity index is 958. The van der Waals surface area contributed by atoms with Gasteiger partial charge in [0.2, 0.25) is 0 Å². The van der Waals surface area contributed by atoms with Crippen molar-refractivity contribution in [3.63, 3.8) is 0 Å². The summed E-state index contributed by atoms with van der Waals surface area (Å²) in [6.45, 7) is 3.77. The molecule has 1 aromatic heterocycles. The SMILES string of the molecule is CCCSc1nc(N2CC[C@@H](CC(=O)OC)C2)ccc1C(=O)N[C@H]1CCC2CC3C[C@@](O)(C2)CC31. The maximum absolute atomic E-state index is 13.5. The van der Waals surface area contributed by atoms with E-state index in [9.17, 15) is 14.7 Å². The Hall–Kier alpha value is -1.80. The zero-order valence-electron chi connectivity index (χ0n) is 21.0. The minimum Gasteiger partial charge on any atom is -0.469 e. The number of hydrogen-bond acceptors (Lipinski definition) is 7. The minimum atomic E-state index is -0.506. The molecule has 3 bridgehead atoms. The Morgan fingerprint density at radius 1 is 1.26 bits per heavy atom. The van der Waals surface area contributed by atoms with E-state index in [-0.39, 0.29) is 23.8 Å². The third-order valence-electron chi connectivity index (χ3n) is 8.71. The number of aliphatic hydroxyl groups is 1. The van der Waals surface area contributed by atoms with Crippen molar-refractivity contribution in [2.24, 2.45) is 23.7 Å². The van der Waals surface area contributed by atoms with Gasteiger partial charge in [-0.2, -0.15) is 0 Å². The second-order valence-corrected chi connectivity index (χ2v) is 12.4. The quantitative estimate of drug-likeness (QED) is 0.410. The van der Waals surface area contributed by atoms with Crippen molar-refractivity contribution in [1.82, 2.24) is 10.3 Å². The van der Waals surface area contributed by atoms with Gasteiger partial charge in [0.1, 0.15) is 10.8 Å². The first-order valence-corrected chi connectivity index (χ1v) is 14.3. The van der Waals surface area contributed by atoms with Crippen LogP contribution >= 0.6 is 11.8 Å². The van der Waals surface area contributed by atoms with E-state index in [1.807, 2.05) is 12.1 Å². The fraction of sp³-hybridized carbons (Fsp3) is 0.741. The lowest BCUT2D eigenvalue weighted by Crippen LogP contribution is -2.42. The number of hydrogen-bond donors (Lipinski definition) is 2. The third kappa shape index (κ3) is 5.33. The van der Waals surface area contributed by atoms with Crippen LogP contribution in [0.4, 0.5) is 5.82 Å². The summed E-state index contributed by atoms with van der Waals surface area (Å²) >= 11 is 1.64. The van der Waals surface area contributed by atoms with E-state index in [0.29, 0.717) is 29.7 Å². The zero-order chi connectivity index (χ0) is 24.6. The Kier molecular flexibility index (Phi) is 7.31. The molecule has 2 heterocycles. The molecule has 6 atom stereocenters. The highest BCUT2D eigenvalue weighted by Crippen LogP contribution is 2.55. The molecule has 2 N–H and O–H groups in total. The molecule has 0 spiro atoms. The standard InChI is InChI=1S/C27H39N3O4S/c1-3-10-35-26-20(5-7-23(29-26)30-9-8-18(16-30)12-24(31)34-2)25(32)28-22-6-4-17-11-19-14-27(33,13-17)15-21(19)22/h5,7,17-19,21-22,33H,3-4,6,8-16H2,1-2H3,(H,28,32)/t17?,18-,19?,21?,22-,27-/m0/s1. The number of rotatable bonds is 8. The number of ether oxygens (including phenoxy) is 1. The predicted octanol–water partition coefficient (Wildman–Crippen LogP) is 4.03. The molecule has 192 valence electrons. The van der Waals surface area contributed by atoms with Crippen molar-refractivity contribution in [2.75, 3.05) is 30.9 Å². The number of methoxy groups -OCH3 is 1. The summed E-state index contributed by atoms with van der Waals surface area (Å²) in [6.07, 6.45) is 8.37. The van der Waals surface area contributed by atoms with Crippen molar-refractivity contribution in [3.05, 3.63) is 17.7 Å². The summed E-state index contributed by atoms with van der Waals surface area (Å²) in [5.74, 6) is 3.38. The van der Waals surface area contributed by atoms with Crippen molar-refractivity contribution in [3.8, 4) is 0 Å². The summed E-state index contributed by atoms with van der Waals surface area (Å²) in [6, 6.07) is 4.01. The van der Waals surface area contributed by atoms with Gasteiger partial charge >= 0.3 is 5.97 Å². The molecule has 1 aromatic rings. The summed E-state index contributed by atoms with van der Waals surface area (Å²) in [7, 11) is 1.43. The lowest BCUT2D eigenvalue weighted by atomic mass is 9.77. The molecular formula is C27H39N3O4S. The zero-order valence-corrected chi connectivity index (χ0v) is 21.8. The van der Waals surface area contributed by atoms with Crippen molar-refractivity contribution >= 4 is 29.5 Å². The topological polar surface area (TPSA) is 91.8 Å². The molecule has 4 fully saturated rings. The van der Waals surface area contributed by atoms with E-state index in [2.05, 4.69) is 17.1 Å². The second kappa shape index (κ2) is 10.3. The molecule has 3 aliphatic carbocycles. The molecule has 0 aromatic carbocycles. The molecule has 8 heteroatoms. The number of carbonyl (C=O) groups is 2. The molecule has 35 heavy (non-hydrogen) atoms. The molecular weight excluding hydrogens is 462 g/mol. The molecule has 1 amide bonds. The Morgan fingerprint density at radius 2 is 2.11 bits per heavy atom. The lowest BCUT2D eigenvalue weighted by Gasteiger charge is -2.33. The van der Waals surface area contributed by atoms with Gasteiger partial charge in [0.15, 0.2) is 0 Å². The summed E-state index contributed by atoms with van der Waals surface area (Å²) in [4.78, 5) is 32.3. The second-order valence-electron chi connectivity index (χ2n) is 11.3. The van der Waals surface area contributed by atoms with Crippen LogP contribution in [-0.2, 0) is 9.53 Å². The van der Waals surface area contributed by atoms with E-state index in [1.165, 1.54) is 13.5 Å². The fourth-order valence-corrected chi connectivity index (χ4v) is 8.03. The molecule has 1 aliphatic heterocycles. The van der Waals surface area contributed by atoms with E-state index in [0.717, 1.165) is 74.6 Å². The van der Waals surface area contributed by atoms with Crippen LogP contribution in [0.2, 0.25) is 0 Å². The molecule has 1 saturated heterocycles. The monoisotopic (exact) mass is 501 g/mol. The average molecular weight is 502 g/mol. The Morgan fingerprint density at radius 3 is 2.91 bits per heavy atom. The number of carbonyl (C=O) groups excluding carboxylic acids is 2. The van der Waals surface area contributed by atoms with Crippen LogP contribution in [0.1, 0.15) is 75.1 Å². The number of amides is 1. The largest absolute Gasteiger partial charge is 0.469 e. The molecule has 3 saturated carbocycles. The van der Waals surface area contributed by atoms with E-state index < -0.39 is 5.60 Å². The van der Waals surface area contributed by atoms with Crippen molar-refractivity contribution in [1.29, 1.82) is 0 Å². The summed E-state index contributed by atoms with van der Waals surface area (Å²) < 4.78 is 4.83. The molecule has 5 rings (SSSR count). The van der Waals surface area contributed by atoms with Crippen LogP contribution in [0.3, 0.4) is 0 Å². The van der Waals surface area contributed by atoms with Gasteiger partial charge in [-0.1, -0.05) is 6.92 Å². The molecule has 3 unspecified atom stereocenters. The van der Waals surface area contributed by atoms with Crippen LogP contribution in [0.15, 0.2) is 17.2 Å². The van der Waals surface area contributed by atoms with Gasteiger partial charge in [0, 0.05) is 19.1 Å². The maximum atomic E-state index is 13.5. The maximum Gasteiger partial charge on any atom is 0.305 e. The van der Waals surface area contributed by atoms with E-state index in [1.54, 1.807) is 11.8 Å². The smallest absolute Gasteiger partial charge is 0.305 e. The normalized spacial score (nSPS) is 33.6. The van der Waals surface area contributed by atoms with E-state index >= 15 is 0 Å². The molecule has 7 nitrogen and oxygen atoms in total. The van der Waals surface area contributed by atoms with Gasteiger partial charge in [0.05, 0.1) is 24.7 Å². The highest BCUT2D eigenvalue weighted by atomic mass is 32.2. The molecule has 4 aliphatic rings. The number of aromatic nitrogens is 1. The van der Waals surface area contributed by atoms with Gasteiger partial charge in [0.25, 0.3) is 5.91 Å². The summed E-state index contributed by atoms with van der Waals surface area (Å²) in [5, 5.41) is 15.2. The number of thioether (sulfide) groups is 1. The van der Waals surface area contributed by atoms with Crippen LogP contribution in [0, 0.1) is 23.7 Å². The van der Waals surface area contributed by atoms with Crippen molar-refractivity contribution < 1.29 is 19.4 Å². The highest BCUT2D eigenvalue weighted by molar-refractivity contribution is 7.99. The van der Waals surface area contributed by atoms with Gasteiger partial charge in [-0.3, -0.25) is 9.59 Å². The predicted molar refractivity (Wildman–Crippen MR) is 137 cm³/mol. The number of nitrogens with one attached hydrogen (secondary N) is 1. The van der Waals surface area contributed by atoms with Gasteiger partial charge in [-0.15, -0.1) is 11.8 Å². The van der Waals surface area contributed by atoms with Crippen LogP contribution < -0.4 is 10.2 Å². The Labute approximate surface area is 212 Å².